The van der Waals surface area contributed by atoms with Gasteiger partial charge in [-0.15, -0.1) is 0 Å². The molecule has 0 amide bonds. The minimum absolute atomic E-state index is 0.0771. The Morgan fingerprint density at radius 1 is 0.867 bits per heavy atom. The van der Waals surface area contributed by atoms with Crippen molar-refractivity contribution in [3.63, 3.8) is 0 Å². The summed E-state index contributed by atoms with van der Waals surface area (Å²) in [7, 11) is 0. The van der Waals surface area contributed by atoms with Crippen LogP contribution in [0, 0.1) is 0 Å². The molecule has 30 heavy (non-hydrogen) atoms. The number of ketones is 1. The van der Waals surface area contributed by atoms with Gasteiger partial charge in [0.2, 0.25) is 0 Å². The van der Waals surface area contributed by atoms with E-state index in [0.717, 1.165) is 36.1 Å². The molecular weight excluding hydrogens is 380 g/mol. The van der Waals surface area contributed by atoms with Gasteiger partial charge in [-0.3, -0.25) is 4.79 Å². The van der Waals surface area contributed by atoms with Gasteiger partial charge >= 0.3 is 0 Å². The van der Waals surface area contributed by atoms with Gasteiger partial charge in [-0.1, -0.05) is 35.4 Å². The summed E-state index contributed by atoms with van der Waals surface area (Å²) in [5, 5.41) is 39.2. The van der Waals surface area contributed by atoms with Gasteiger partial charge in [0.1, 0.15) is 28.6 Å². The molecule has 0 aromatic heterocycles. The van der Waals surface area contributed by atoms with E-state index < -0.39 is 17.3 Å². The van der Waals surface area contributed by atoms with Crippen LogP contribution in [0.4, 0.5) is 0 Å². The number of allylic oxidation sites excluding steroid dienone is 4. The van der Waals surface area contributed by atoms with Crippen molar-refractivity contribution in [2.45, 2.75) is 52.9 Å². The summed E-state index contributed by atoms with van der Waals surface area (Å²) < 4.78 is 0. The van der Waals surface area contributed by atoms with Crippen LogP contribution < -0.4 is 0 Å². The van der Waals surface area contributed by atoms with E-state index in [9.17, 15) is 25.2 Å². The molecular formula is C25H30O5. The molecule has 0 aliphatic heterocycles. The topological polar surface area (TPSA) is 98.0 Å². The number of carbonyl (C=O) groups is 1. The quantitative estimate of drug-likeness (QED) is 0.320. The van der Waals surface area contributed by atoms with E-state index in [1.807, 2.05) is 6.07 Å². The number of phenols is 4. The lowest BCUT2D eigenvalue weighted by Gasteiger charge is -2.09. The second-order valence-corrected chi connectivity index (χ2v) is 7.82. The summed E-state index contributed by atoms with van der Waals surface area (Å²) in [5.74, 6) is -1.41. The maximum absolute atomic E-state index is 12.4. The number of hydrogen-bond acceptors (Lipinski definition) is 5. The van der Waals surface area contributed by atoms with Crippen LogP contribution in [-0.2, 0) is 12.8 Å². The average molecular weight is 411 g/mol. The Morgan fingerprint density at radius 2 is 1.53 bits per heavy atom. The third-order valence-corrected chi connectivity index (χ3v) is 4.91. The van der Waals surface area contributed by atoms with Crippen molar-refractivity contribution >= 4 is 5.78 Å². The molecule has 0 spiro atoms. The fourth-order valence-corrected chi connectivity index (χ4v) is 3.20. The number of phenolic OH excluding ortho intramolecular Hbond substituents is 4. The molecule has 5 heteroatoms. The molecule has 0 aliphatic carbocycles. The molecule has 2 aromatic rings. The summed E-state index contributed by atoms with van der Waals surface area (Å²) >= 11 is 0. The molecule has 0 saturated carbocycles. The predicted molar refractivity (Wildman–Crippen MR) is 118 cm³/mol. The second kappa shape index (κ2) is 10.5. The maximum atomic E-state index is 12.4. The summed E-state index contributed by atoms with van der Waals surface area (Å²) in [6, 6.07) is 7.31. The Hall–Kier alpha value is -3.21. The van der Waals surface area contributed by atoms with Gasteiger partial charge in [0.25, 0.3) is 0 Å². The number of rotatable bonds is 9. The van der Waals surface area contributed by atoms with Gasteiger partial charge < -0.3 is 20.4 Å². The summed E-state index contributed by atoms with van der Waals surface area (Å²) in [6.45, 7) is 6.24. The van der Waals surface area contributed by atoms with E-state index in [1.165, 1.54) is 11.1 Å². The lowest BCUT2D eigenvalue weighted by atomic mass is 9.98. The molecule has 0 heterocycles. The van der Waals surface area contributed by atoms with Crippen LogP contribution in [0.2, 0.25) is 0 Å². The van der Waals surface area contributed by atoms with Crippen molar-refractivity contribution in [3.05, 3.63) is 70.3 Å². The summed E-state index contributed by atoms with van der Waals surface area (Å²) in [5.41, 5.74) is 4.03. The molecule has 0 radical (unpaired) electrons. The standard InChI is InChI=1S/C25H30O5/c1-16(2)5-4-6-17(3)7-10-19-13-18(8-11-21(19)27)9-12-22(28)25-23(29)14-20(26)15-24(25)30/h5,7-8,11,13-15,26-27,29-30H,4,6,9-10,12H2,1-3H3/b17-7+. The molecule has 0 unspecified atom stereocenters. The molecule has 0 atom stereocenters. The first-order valence-electron chi connectivity index (χ1n) is 10.0. The number of benzene rings is 2. The molecule has 0 aliphatic rings. The van der Waals surface area contributed by atoms with Gasteiger partial charge in [0.05, 0.1) is 0 Å². The molecule has 0 fully saturated rings. The van der Waals surface area contributed by atoms with Crippen molar-refractivity contribution < 1.29 is 25.2 Å². The van der Waals surface area contributed by atoms with Crippen LogP contribution in [0.1, 0.15) is 61.5 Å². The van der Waals surface area contributed by atoms with Gasteiger partial charge in [0.15, 0.2) is 5.78 Å². The van der Waals surface area contributed by atoms with Crippen LogP contribution in [-0.4, -0.2) is 26.2 Å². The van der Waals surface area contributed by atoms with Crippen LogP contribution in [0.5, 0.6) is 23.0 Å². The summed E-state index contributed by atoms with van der Waals surface area (Å²) in [6.07, 6.45) is 7.36. The maximum Gasteiger partial charge on any atom is 0.170 e. The molecule has 2 rings (SSSR count). The Balaban J connectivity index is 2.03. The van der Waals surface area contributed by atoms with E-state index in [4.69, 9.17) is 0 Å². The van der Waals surface area contributed by atoms with Gasteiger partial charge in [-0.2, -0.15) is 0 Å². The van der Waals surface area contributed by atoms with E-state index >= 15 is 0 Å². The Kier molecular flexibility index (Phi) is 8.10. The van der Waals surface area contributed by atoms with Crippen LogP contribution in [0.15, 0.2) is 53.6 Å². The van der Waals surface area contributed by atoms with E-state index in [1.54, 1.807) is 12.1 Å². The highest BCUT2D eigenvalue weighted by Gasteiger charge is 2.17. The van der Waals surface area contributed by atoms with Crippen molar-refractivity contribution in [1.29, 1.82) is 0 Å². The monoisotopic (exact) mass is 410 g/mol. The third-order valence-electron chi connectivity index (χ3n) is 4.91. The lowest BCUT2D eigenvalue weighted by molar-refractivity contribution is 0.0977. The number of carbonyl (C=O) groups excluding carboxylic acids is 1. The Labute approximate surface area is 177 Å². The number of aromatic hydroxyl groups is 4. The highest BCUT2D eigenvalue weighted by molar-refractivity contribution is 6.01. The highest BCUT2D eigenvalue weighted by Crippen LogP contribution is 2.33. The van der Waals surface area contributed by atoms with E-state index in [-0.39, 0.29) is 23.5 Å². The van der Waals surface area contributed by atoms with Crippen molar-refractivity contribution in [2.24, 2.45) is 0 Å². The normalized spacial score (nSPS) is 11.4. The molecule has 160 valence electrons. The molecule has 5 nitrogen and oxygen atoms in total. The van der Waals surface area contributed by atoms with E-state index in [2.05, 4.69) is 32.9 Å². The fourth-order valence-electron chi connectivity index (χ4n) is 3.20. The van der Waals surface area contributed by atoms with Gasteiger partial charge in [-0.05, 0) is 63.6 Å². The minimum Gasteiger partial charge on any atom is -0.508 e. The molecule has 2 aromatic carbocycles. The number of hydrogen-bond donors (Lipinski definition) is 4. The van der Waals surface area contributed by atoms with Crippen LogP contribution >= 0.6 is 0 Å². The lowest BCUT2D eigenvalue weighted by Crippen LogP contribution is -2.02. The minimum atomic E-state index is -0.447. The SMILES string of the molecule is CC(C)=CCC/C(C)=C/Cc1cc(CCC(=O)c2c(O)cc(O)cc2O)ccc1O. The Bertz CT molecular complexity index is 942. The predicted octanol–water partition coefficient (Wildman–Crippen LogP) is 5.56. The smallest absolute Gasteiger partial charge is 0.170 e. The second-order valence-electron chi connectivity index (χ2n) is 7.82. The Morgan fingerprint density at radius 3 is 2.17 bits per heavy atom. The number of aryl methyl sites for hydroxylation is 1. The third kappa shape index (κ3) is 6.69. The van der Waals surface area contributed by atoms with Crippen molar-refractivity contribution in [3.8, 4) is 23.0 Å². The fraction of sp³-hybridized carbons (Fsp3) is 0.320. The summed E-state index contributed by atoms with van der Waals surface area (Å²) in [4.78, 5) is 12.4. The average Bonchev–Trinajstić information content (AvgIpc) is 2.65. The van der Waals surface area contributed by atoms with E-state index in [0.29, 0.717) is 12.8 Å². The molecule has 0 saturated heterocycles. The number of Topliss-reactive ketones (excluding diaryl/α,β-unsaturated/α-hetero) is 1. The van der Waals surface area contributed by atoms with Crippen LogP contribution in [0.3, 0.4) is 0 Å². The van der Waals surface area contributed by atoms with Gasteiger partial charge in [-0.25, -0.2) is 0 Å². The zero-order valence-electron chi connectivity index (χ0n) is 17.8. The largest absolute Gasteiger partial charge is 0.508 e. The zero-order chi connectivity index (χ0) is 22.3. The van der Waals surface area contributed by atoms with Crippen molar-refractivity contribution in [2.75, 3.05) is 0 Å². The first-order valence-corrected chi connectivity index (χ1v) is 10.0. The van der Waals surface area contributed by atoms with Crippen molar-refractivity contribution in [1.82, 2.24) is 0 Å². The first-order chi connectivity index (χ1) is 14.2. The highest BCUT2D eigenvalue weighted by atomic mass is 16.3. The molecule has 4 N–H and O–H groups in total. The zero-order valence-corrected chi connectivity index (χ0v) is 17.8. The molecule has 0 bridgehead atoms. The van der Waals surface area contributed by atoms with Crippen LogP contribution in [0.25, 0.3) is 0 Å². The first kappa shape index (κ1) is 23.1. The van der Waals surface area contributed by atoms with Gasteiger partial charge in [0, 0.05) is 18.6 Å².